The number of anilines is 1. The first-order chi connectivity index (χ1) is 15.3. The van der Waals surface area contributed by atoms with Crippen LogP contribution in [-0.2, 0) is 22.5 Å². The van der Waals surface area contributed by atoms with Gasteiger partial charge in [0.05, 0.1) is 24.2 Å². The molecule has 2 amide bonds. The fraction of sp³-hybridized carbons (Fsp3) is 0.273. The van der Waals surface area contributed by atoms with Gasteiger partial charge in [0.25, 0.3) is 5.91 Å². The van der Waals surface area contributed by atoms with Crippen molar-refractivity contribution in [3.63, 3.8) is 0 Å². The number of nitrogens with zero attached hydrogens (tertiary/aromatic N) is 2. The number of carbonyl (C=O) groups is 3. The number of carbonyl (C=O) groups excluding carboxylic acids is 3. The SMILES string of the molecule is COC(=O)c1c(NC(=O)c2c(-c3ccccc3Cl)noc2C)sc2c1CCN(C(C)=O)C2. The highest BCUT2D eigenvalue weighted by atomic mass is 35.5. The highest BCUT2D eigenvalue weighted by molar-refractivity contribution is 7.17. The molecule has 2 aromatic heterocycles. The normalized spacial score (nSPS) is 12.9. The molecule has 4 rings (SSSR count). The van der Waals surface area contributed by atoms with Crippen molar-refractivity contribution in [1.29, 1.82) is 0 Å². The van der Waals surface area contributed by atoms with Gasteiger partial charge in [-0.15, -0.1) is 11.3 Å². The second-order valence-corrected chi connectivity index (χ2v) is 8.80. The van der Waals surface area contributed by atoms with Crippen LogP contribution in [0.2, 0.25) is 5.02 Å². The lowest BCUT2D eigenvalue weighted by Gasteiger charge is -2.25. The molecule has 32 heavy (non-hydrogen) atoms. The standard InChI is InChI=1S/C22H20ClN3O5S/c1-11-17(19(25-31-11)13-6-4-5-7-15(13)23)20(28)24-21-18(22(29)30-3)14-8-9-26(12(2)27)10-16(14)32-21/h4-7H,8-10H2,1-3H3,(H,24,28). The van der Waals surface area contributed by atoms with Gasteiger partial charge in [-0.3, -0.25) is 9.59 Å². The smallest absolute Gasteiger partial charge is 0.341 e. The summed E-state index contributed by atoms with van der Waals surface area (Å²) in [5.41, 5.74) is 2.22. The van der Waals surface area contributed by atoms with Crippen LogP contribution in [-0.4, -0.2) is 41.5 Å². The molecule has 0 spiro atoms. The van der Waals surface area contributed by atoms with Crippen molar-refractivity contribution in [2.45, 2.75) is 26.8 Å². The number of ether oxygens (including phenoxy) is 1. The van der Waals surface area contributed by atoms with Crippen LogP contribution in [0.5, 0.6) is 0 Å². The Labute approximate surface area is 193 Å². The van der Waals surface area contributed by atoms with Gasteiger partial charge < -0.3 is 19.5 Å². The zero-order valence-corrected chi connectivity index (χ0v) is 19.2. The molecule has 8 nitrogen and oxygen atoms in total. The number of esters is 1. The highest BCUT2D eigenvalue weighted by Gasteiger charge is 2.31. The van der Waals surface area contributed by atoms with Gasteiger partial charge in [-0.25, -0.2) is 4.79 Å². The predicted molar refractivity (Wildman–Crippen MR) is 120 cm³/mol. The number of aromatic nitrogens is 1. The summed E-state index contributed by atoms with van der Waals surface area (Å²) in [4.78, 5) is 40.2. The van der Waals surface area contributed by atoms with Crippen LogP contribution in [0.4, 0.5) is 5.00 Å². The summed E-state index contributed by atoms with van der Waals surface area (Å²) in [6.07, 6.45) is 0.503. The van der Waals surface area contributed by atoms with Crippen LogP contribution >= 0.6 is 22.9 Å². The number of nitrogens with one attached hydrogen (secondary N) is 1. The largest absolute Gasteiger partial charge is 0.465 e. The van der Waals surface area contributed by atoms with E-state index in [9.17, 15) is 14.4 Å². The number of halogens is 1. The number of fused-ring (bicyclic) bond motifs is 1. The topological polar surface area (TPSA) is 102 Å². The van der Waals surface area contributed by atoms with Crippen LogP contribution < -0.4 is 5.32 Å². The Morgan fingerprint density at radius 3 is 2.69 bits per heavy atom. The molecule has 3 heterocycles. The van der Waals surface area contributed by atoms with E-state index in [1.54, 1.807) is 36.1 Å². The van der Waals surface area contributed by atoms with Gasteiger partial charge in [-0.05, 0) is 25.0 Å². The van der Waals surface area contributed by atoms with Gasteiger partial charge in [0.15, 0.2) is 0 Å². The minimum absolute atomic E-state index is 0.0428. The third-order valence-electron chi connectivity index (χ3n) is 5.34. The Hall–Kier alpha value is -3.17. The maximum atomic E-state index is 13.3. The monoisotopic (exact) mass is 473 g/mol. The Kier molecular flexibility index (Phi) is 6.03. The average molecular weight is 474 g/mol. The van der Waals surface area contributed by atoms with Crippen LogP contribution in [0.3, 0.4) is 0 Å². The van der Waals surface area contributed by atoms with Gasteiger partial charge in [0, 0.05) is 23.9 Å². The summed E-state index contributed by atoms with van der Waals surface area (Å²) in [7, 11) is 1.29. The molecule has 0 aliphatic carbocycles. The van der Waals surface area contributed by atoms with E-state index in [2.05, 4.69) is 10.5 Å². The molecule has 0 fully saturated rings. The first-order valence-electron chi connectivity index (χ1n) is 9.82. The summed E-state index contributed by atoms with van der Waals surface area (Å²) < 4.78 is 10.3. The van der Waals surface area contributed by atoms with E-state index in [0.717, 1.165) is 10.4 Å². The molecular weight excluding hydrogens is 454 g/mol. The number of aryl methyl sites for hydroxylation is 1. The minimum Gasteiger partial charge on any atom is -0.465 e. The molecule has 10 heteroatoms. The predicted octanol–water partition coefficient (Wildman–Crippen LogP) is 4.31. The molecule has 0 unspecified atom stereocenters. The number of amides is 2. The van der Waals surface area contributed by atoms with E-state index < -0.39 is 11.9 Å². The van der Waals surface area contributed by atoms with Gasteiger partial charge in [0.2, 0.25) is 5.91 Å². The Bertz CT molecular complexity index is 1230. The van der Waals surface area contributed by atoms with Crippen molar-refractivity contribution < 1.29 is 23.6 Å². The van der Waals surface area contributed by atoms with Crippen molar-refractivity contribution in [1.82, 2.24) is 10.1 Å². The van der Waals surface area contributed by atoms with E-state index in [-0.39, 0.29) is 11.5 Å². The van der Waals surface area contributed by atoms with Gasteiger partial charge in [0.1, 0.15) is 22.0 Å². The molecule has 1 N–H and O–H groups in total. The lowest BCUT2D eigenvalue weighted by Crippen LogP contribution is -2.33. The van der Waals surface area contributed by atoms with E-state index >= 15 is 0 Å². The fourth-order valence-electron chi connectivity index (χ4n) is 3.72. The molecule has 0 atom stereocenters. The summed E-state index contributed by atoms with van der Waals surface area (Å²) in [5.74, 6) is -0.742. The minimum atomic E-state index is -0.539. The van der Waals surface area contributed by atoms with E-state index in [0.29, 0.717) is 52.1 Å². The van der Waals surface area contributed by atoms with Crippen LogP contribution in [0.25, 0.3) is 11.3 Å². The first kappa shape index (κ1) is 22.0. The molecule has 3 aromatic rings. The molecule has 1 aliphatic heterocycles. The third-order valence-corrected chi connectivity index (χ3v) is 6.80. The number of hydrogen-bond donors (Lipinski definition) is 1. The highest BCUT2D eigenvalue weighted by Crippen LogP contribution is 2.39. The number of hydrogen-bond acceptors (Lipinski definition) is 7. The molecule has 0 bridgehead atoms. The zero-order chi connectivity index (χ0) is 23.0. The van der Waals surface area contributed by atoms with Crippen molar-refractivity contribution in [2.24, 2.45) is 0 Å². The molecular formula is C22H20ClN3O5S. The van der Waals surface area contributed by atoms with E-state index in [1.165, 1.54) is 25.4 Å². The second-order valence-electron chi connectivity index (χ2n) is 7.29. The van der Waals surface area contributed by atoms with Crippen molar-refractivity contribution >= 4 is 45.7 Å². The first-order valence-corrected chi connectivity index (χ1v) is 11.0. The Morgan fingerprint density at radius 1 is 1.25 bits per heavy atom. The van der Waals surface area contributed by atoms with Gasteiger partial charge in [-0.1, -0.05) is 35.0 Å². The Balaban J connectivity index is 1.72. The third kappa shape index (κ3) is 3.89. The van der Waals surface area contributed by atoms with Crippen LogP contribution in [0, 0.1) is 6.92 Å². The van der Waals surface area contributed by atoms with E-state index in [1.807, 2.05) is 0 Å². The Morgan fingerprint density at radius 2 is 2.00 bits per heavy atom. The lowest BCUT2D eigenvalue weighted by atomic mass is 10.0. The molecule has 1 aromatic carbocycles. The van der Waals surface area contributed by atoms with Gasteiger partial charge in [-0.2, -0.15) is 0 Å². The van der Waals surface area contributed by atoms with Crippen LogP contribution in [0.1, 0.15) is 43.8 Å². The summed E-state index contributed by atoms with van der Waals surface area (Å²) in [5, 5.41) is 7.65. The van der Waals surface area contributed by atoms with Crippen molar-refractivity contribution in [2.75, 3.05) is 19.0 Å². The van der Waals surface area contributed by atoms with Crippen molar-refractivity contribution in [3.05, 3.63) is 56.6 Å². The molecule has 0 saturated heterocycles. The maximum Gasteiger partial charge on any atom is 0.341 e. The second kappa shape index (κ2) is 8.76. The quantitative estimate of drug-likeness (QED) is 0.566. The number of rotatable bonds is 4. The average Bonchev–Trinajstić information content (AvgIpc) is 3.32. The zero-order valence-electron chi connectivity index (χ0n) is 17.7. The molecule has 0 radical (unpaired) electrons. The van der Waals surface area contributed by atoms with Crippen LogP contribution in [0.15, 0.2) is 28.8 Å². The summed E-state index contributed by atoms with van der Waals surface area (Å²) in [6.45, 7) is 4.02. The maximum absolute atomic E-state index is 13.3. The molecule has 166 valence electrons. The van der Waals surface area contributed by atoms with Gasteiger partial charge >= 0.3 is 5.97 Å². The molecule has 0 saturated carbocycles. The number of benzene rings is 1. The van der Waals surface area contributed by atoms with Crippen molar-refractivity contribution in [3.8, 4) is 11.3 Å². The molecule has 1 aliphatic rings. The van der Waals surface area contributed by atoms with E-state index in [4.69, 9.17) is 20.9 Å². The number of thiophene rings is 1. The lowest BCUT2D eigenvalue weighted by molar-refractivity contribution is -0.129. The fourth-order valence-corrected chi connectivity index (χ4v) is 5.19. The summed E-state index contributed by atoms with van der Waals surface area (Å²) >= 11 is 7.55. The number of methoxy groups -OCH3 is 1. The summed E-state index contributed by atoms with van der Waals surface area (Å²) in [6, 6.07) is 7.01.